The molecule has 12 rings (SSSR count). The van der Waals surface area contributed by atoms with Gasteiger partial charge in [-0.05, 0) is 83.9 Å². The third-order valence-corrected chi connectivity index (χ3v) is 12.5. The van der Waals surface area contributed by atoms with Crippen molar-refractivity contribution in [1.29, 1.82) is 0 Å². The number of fused-ring (bicyclic) bond motifs is 11. The van der Waals surface area contributed by atoms with E-state index in [0.717, 1.165) is 33.0 Å². The molecule has 12 aromatic rings. The van der Waals surface area contributed by atoms with Crippen molar-refractivity contribution in [3.63, 3.8) is 0 Å². The molecule has 3 nitrogen and oxygen atoms in total. The van der Waals surface area contributed by atoms with Crippen LogP contribution in [-0.2, 0) is 0 Å². The molecule has 0 N–H and O–H groups in total. The van der Waals surface area contributed by atoms with Gasteiger partial charge in [0.2, 0.25) is 0 Å². The summed E-state index contributed by atoms with van der Waals surface area (Å²) in [7, 11) is 0. The molecule has 0 saturated carbocycles. The molecule has 4 heteroatoms. The van der Waals surface area contributed by atoms with E-state index in [0.29, 0.717) is 17.5 Å². The van der Waals surface area contributed by atoms with Crippen LogP contribution in [0.15, 0.2) is 188 Å². The van der Waals surface area contributed by atoms with Crippen LogP contribution >= 0.6 is 11.3 Å². The first kappa shape index (κ1) is 32.0. The van der Waals surface area contributed by atoms with Crippen molar-refractivity contribution in [1.82, 2.24) is 15.0 Å². The first-order chi connectivity index (χ1) is 28.2. The Morgan fingerprint density at radius 1 is 0.281 bits per heavy atom. The van der Waals surface area contributed by atoms with Gasteiger partial charge in [0.25, 0.3) is 0 Å². The molecular formula is C53H31N3S. The summed E-state index contributed by atoms with van der Waals surface area (Å²) in [6.07, 6.45) is 0. The van der Waals surface area contributed by atoms with Crippen molar-refractivity contribution < 1.29 is 0 Å². The molecule has 10 aromatic carbocycles. The van der Waals surface area contributed by atoms with Crippen LogP contribution in [0.5, 0.6) is 0 Å². The molecule has 0 radical (unpaired) electrons. The van der Waals surface area contributed by atoms with E-state index in [-0.39, 0.29) is 0 Å². The average molecular weight is 742 g/mol. The largest absolute Gasteiger partial charge is 0.208 e. The smallest absolute Gasteiger partial charge is 0.165 e. The summed E-state index contributed by atoms with van der Waals surface area (Å²) in [4.78, 5) is 16.2. The second-order valence-corrected chi connectivity index (χ2v) is 15.8. The lowest BCUT2D eigenvalue weighted by atomic mass is 9.89. The van der Waals surface area contributed by atoms with Gasteiger partial charge in [-0.3, -0.25) is 0 Å². The molecule has 0 saturated heterocycles. The lowest BCUT2D eigenvalue weighted by Gasteiger charge is -2.16. The zero-order valence-corrected chi connectivity index (χ0v) is 31.5. The number of nitrogens with zero attached hydrogens (tertiary/aromatic N) is 3. The van der Waals surface area contributed by atoms with E-state index in [9.17, 15) is 0 Å². The van der Waals surface area contributed by atoms with Crippen LogP contribution in [0.3, 0.4) is 0 Å². The zero-order valence-electron chi connectivity index (χ0n) is 30.6. The number of thiophene rings is 1. The highest BCUT2D eigenvalue weighted by Crippen LogP contribution is 2.49. The molecule has 2 aromatic heterocycles. The van der Waals surface area contributed by atoms with Gasteiger partial charge in [-0.2, -0.15) is 0 Å². The van der Waals surface area contributed by atoms with Gasteiger partial charge in [-0.15, -0.1) is 11.3 Å². The Labute approximate surface area is 332 Å². The highest BCUT2D eigenvalue weighted by atomic mass is 32.1. The molecule has 0 spiro atoms. The minimum absolute atomic E-state index is 0.642. The summed E-state index contributed by atoms with van der Waals surface area (Å²) in [5, 5.41) is 14.4. The summed E-state index contributed by atoms with van der Waals surface area (Å²) >= 11 is 1.85. The van der Waals surface area contributed by atoms with Gasteiger partial charge >= 0.3 is 0 Å². The van der Waals surface area contributed by atoms with E-state index in [1.54, 1.807) is 0 Å². The predicted molar refractivity (Wildman–Crippen MR) is 242 cm³/mol. The van der Waals surface area contributed by atoms with Gasteiger partial charge in [-0.1, -0.05) is 164 Å². The number of aromatic nitrogens is 3. The SMILES string of the molecule is c1ccc(-c2ccc(-c3nc(-c4ccc5ccccc5c4)nc(-c4c5c(cc6c7ccccc7c7ccccc7c46)sc4cc6ccccc6cc45)n3)cc2)cc1. The normalized spacial score (nSPS) is 11.9. The molecule has 0 aliphatic heterocycles. The summed E-state index contributed by atoms with van der Waals surface area (Å²) in [6, 6.07) is 67.4. The van der Waals surface area contributed by atoms with Gasteiger partial charge in [0.15, 0.2) is 17.5 Å². The maximum absolute atomic E-state index is 5.49. The van der Waals surface area contributed by atoms with Crippen molar-refractivity contribution in [2.24, 2.45) is 0 Å². The van der Waals surface area contributed by atoms with Crippen molar-refractivity contribution >= 4 is 85.4 Å². The van der Waals surface area contributed by atoms with Crippen LogP contribution in [0.1, 0.15) is 0 Å². The molecular weight excluding hydrogens is 711 g/mol. The summed E-state index contributed by atoms with van der Waals surface area (Å²) in [5.41, 5.74) is 5.25. The minimum Gasteiger partial charge on any atom is -0.208 e. The van der Waals surface area contributed by atoms with E-state index >= 15 is 0 Å². The Balaban J connectivity index is 1.23. The topological polar surface area (TPSA) is 38.7 Å². The van der Waals surface area contributed by atoms with Crippen LogP contribution < -0.4 is 0 Å². The lowest BCUT2D eigenvalue weighted by Crippen LogP contribution is -2.01. The zero-order chi connectivity index (χ0) is 37.5. The van der Waals surface area contributed by atoms with E-state index in [2.05, 4.69) is 182 Å². The molecule has 0 atom stereocenters. The van der Waals surface area contributed by atoms with Crippen LogP contribution in [0.4, 0.5) is 0 Å². The monoisotopic (exact) mass is 741 g/mol. The van der Waals surface area contributed by atoms with Crippen molar-refractivity contribution in [3.8, 4) is 45.3 Å². The predicted octanol–water partition coefficient (Wildman–Crippen LogP) is 14.7. The number of benzene rings is 10. The molecule has 0 aliphatic carbocycles. The van der Waals surface area contributed by atoms with E-state index < -0.39 is 0 Å². The summed E-state index contributed by atoms with van der Waals surface area (Å²) < 4.78 is 2.46. The van der Waals surface area contributed by atoms with Crippen molar-refractivity contribution in [2.75, 3.05) is 0 Å². The second kappa shape index (κ2) is 12.6. The Hall–Kier alpha value is -7.27. The summed E-state index contributed by atoms with van der Waals surface area (Å²) in [5.74, 6) is 1.95. The number of rotatable bonds is 4. The standard InChI is InChI=1S/C53H31N3S/c1-2-12-32(13-3-1)34-22-25-35(26-23-34)51-54-52(39-27-24-33-14-4-5-15-36(33)28-39)56-53(55-51)50-48-43-21-11-10-19-41(43)40-18-8-9-20-42(40)44(48)31-47-49(50)45-29-37-16-6-7-17-38(37)30-46(45)57-47/h1-31H. The van der Waals surface area contributed by atoms with Gasteiger partial charge in [0.05, 0.1) is 0 Å². The molecule has 0 fully saturated rings. The fourth-order valence-corrected chi connectivity index (χ4v) is 9.93. The Morgan fingerprint density at radius 2 is 0.789 bits per heavy atom. The van der Waals surface area contributed by atoms with E-state index in [1.807, 2.05) is 17.4 Å². The highest BCUT2D eigenvalue weighted by Gasteiger charge is 2.23. The number of hydrogen-bond acceptors (Lipinski definition) is 4. The van der Waals surface area contributed by atoms with E-state index in [1.165, 1.54) is 68.8 Å². The molecule has 2 heterocycles. The molecule has 57 heavy (non-hydrogen) atoms. The third kappa shape index (κ3) is 5.15. The van der Waals surface area contributed by atoms with Gasteiger partial charge in [0, 0.05) is 42.2 Å². The van der Waals surface area contributed by atoms with Gasteiger partial charge in [0.1, 0.15) is 0 Å². The molecule has 0 aliphatic rings. The van der Waals surface area contributed by atoms with Crippen molar-refractivity contribution in [2.45, 2.75) is 0 Å². The quantitative estimate of drug-likeness (QED) is 0.169. The fraction of sp³-hybridized carbons (Fsp3) is 0. The Bertz CT molecular complexity index is 3570. The first-order valence-electron chi connectivity index (χ1n) is 19.3. The molecule has 0 bridgehead atoms. The minimum atomic E-state index is 0.642. The average Bonchev–Trinajstić information content (AvgIpc) is 3.64. The molecule has 0 amide bonds. The van der Waals surface area contributed by atoms with Gasteiger partial charge < -0.3 is 0 Å². The molecule has 0 unspecified atom stereocenters. The Morgan fingerprint density at radius 3 is 1.53 bits per heavy atom. The van der Waals surface area contributed by atoms with Crippen molar-refractivity contribution in [3.05, 3.63) is 188 Å². The fourth-order valence-electron chi connectivity index (χ4n) is 8.75. The van der Waals surface area contributed by atoms with Crippen LogP contribution in [-0.4, -0.2) is 15.0 Å². The Kier molecular flexibility index (Phi) is 7.10. The second-order valence-electron chi connectivity index (χ2n) is 14.7. The summed E-state index contributed by atoms with van der Waals surface area (Å²) in [6.45, 7) is 0. The molecule has 264 valence electrons. The van der Waals surface area contributed by atoms with E-state index in [4.69, 9.17) is 15.0 Å². The third-order valence-electron chi connectivity index (χ3n) is 11.4. The van der Waals surface area contributed by atoms with Crippen LogP contribution in [0.2, 0.25) is 0 Å². The number of hydrogen-bond donors (Lipinski definition) is 0. The van der Waals surface area contributed by atoms with Gasteiger partial charge in [-0.25, -0.2) is 15.0 Å². The first-order valence-corrected chi connectivity index (χ1v) is 20.1. The maximum atomic E-state index is 5.49. The highest BCUT2D eigenvalue weighted by molar-refractivity contribution is 7.26. The maximum Gasteiger partial charge on any atom is 0.165 e. The van der Waals surface area contributed by atoms with Crippen LogP contribution in [0.25, 0.3) is 119 Å². The van der Waals surface area contributed by atoms with Crippen LogP contribution in [0, 0.1) is 0 Å². The lowest BCUT2D eigenvalue weighted by molar-refractivity contribution is 1.08.